The third-order valence-electron chi connectivity index (χ3n) is 3.25. The van der Waals surface area contributed by atoms with Gasteiger partial charge in [-0.15, -0.1) is 0 Å². The van der Waals surface area contributed by atoms with E-state index in [1.807, 2.05) is 0 Å². The van der Waals surface area contributed by atoms with Crippen LogP contribution in [0, 0.1) is 11.7 Å². The minimum atomic E-state index is -3.72. The van der Waals surface area contributed by atoms with Gasteiger partial charge in [0.25, 0.3) is 0 Å². The first kappa shape index (κ1) is 15.7. The molecule has 2 N–H and O–H groups in total. The van der Waals surface area contributed by atoms with Gasteiger partial charge in [-0.25, -0.2) is 4.39 Å². The zero-order valence-electron chi connectivity index (χ0n) is 10.7. The summed E-state index contributed by atoms with van der Waals surface area (Å²) in [5.41, 5.74) is 0.178. The molecule has 112 valence electrons. The van der Waals surface area contributed by atoms with Crippen molar-refractivity contribution in [3.05, 3.63) is 28.5 Å². The second-order valence-electron chi connectivity index (χ2n) is 4.78. The molecule has 0 bridgehead atoms. The predicted octanol–water partition coefficient (Wildman–Crippen LogP) is 1.95. The van der Waals surface area contributed by atoms with Crippen LogP contribution in [0.3, 0.4) is 0 Å². The van der Waals surface area contributed by atoms with Crippen molar-refractivity contribution in [3.8, 4) is 0 Å². The van der Waals surface area contributed by atoms with Gasteiger partial charge in [0.05, 0.1) is 10.2 Å². The van der Waals surface area contributed by atoms with E-state index in [2.05, 4.69) is 20.7 Å². The molecule has 1 aromatic carbocycles. The number of nitrogens with zero attached hydrogens (tertiary/aromatic N) is 1. The maximum Gasteiger partial charge on any atom is 0.301 e. The molecule has 8 heteroatoms. The second-order valence-corrected chi connectivity index (χ2v) is 7.31. The number of rotatable bonds is 4. The number of hydrogen-bond acceptors (Lipinski definition) is 3. The first-order valence-electron chi connectivity index (χ1n) is 6.26. The van der Waals surface area contributed by atoms with Crippen molar-refractivity contribution in [3.63, 3.8) is 0 Å². The summed E-state index contributed by atoms with van der Waals surface area (Å²) in [6, 6.07) is 4.05. The average Bonchev–Trinajstić information content (AvgIpc) is 2.43. The number of benzene rings is 1. The minimum Gasteiger partial charge on any atom is -0.396 e. The number of piperidine rings is 1. The molecule has 20 heavy (non-hydrogen) atoms. The lowest BCUT2D eigenvalue weighted by Crippen LogP contribution is -2.43. The van der Waals surface area contributed by atoms with E-state index >= 15 is 0 Å². The topological polar surface area (TPSA) is 69.6 Å². The number of anilines is 1. The highest BCUT2D eigenvalue weighted by molar-refractivity contribution is 9.10. The Morgan fingerprint density at radius 1 is 1.50 bits per heavy atom. The van der Waals surface area contributed by atoms with Crippen molar-refractivity contribution >= 4 is 31.8 Å². The van der Waals surface area contributed by atoms with Crippen LogP contribution in [0.1, 0.15) is 12.8 Å². The maximum atomic E-state index is 13.4. The number of aliphatic hydroxyl groups excluding tert-OH is 1. The Morgan fingerprint density at radius 3 is 2.90 bits per heavy atom. The molecule has 5 nitrogen and oxygen atoms in total. The average molecular weight is 367 g/mol. The number of halogens is 2. The van der Waals surface area contributed by atoms with E-state index in [1.54, 1.807) is 0 Å². The number of hydrogen-bond donors (Lipinski definition) is 2. The molecule has 1 aliphatic heterocycles. The molecule has 1 aliphatic rings. The van der Waals surface area contributed by atoms with Gasteiger partial charge in [-0.1, -0.05) is 0 Å². The van der Waals surface area contributed by atoms with Gasteiger partial charge in [-0.3, -0.25) is 4.72 Å². The smallest absolute Gasteiger partial charge is 0.301 e. The highest BCUT2D eigenvalue weighted by Crippen LogP contribution is 2.23. The molecule has 0 aromatic heterocycles. The molecule has 1 heterocycles. The molecular weight excluding hydrogens is 351 g/mol. The van der Waals surface area contributed by atoms with Crippen LogP contribution in [0.5, 0.6) is 0 Å². The Kier molecular flexibility index (Phi) is 5.00. The molecule has 0 amide bonds. The lowest BCUT2D eigenvalue weighted by Gasteiger charge is -2.31. The summed E-state index contributed by atoms with van der Waals surface area (Å²) in [6.07, 6.45) is 1.52. The van der Waals surface area contributed by atoms with Crippen LogP contribution in [-0.2, 0) is 10.2 Å². The van der Waals surface area contributed by atoms with Crippen LogP contribution in [0.2, 0.25) is 0 Å². The van der Waals surface area contributed by atoms with E-state index in [9.17, 15) is 12.8 Å². The van der Waals surface area contributed by atoms with Crippen LogP contribution < -0.4 is 4.72 Å². The van der Waals surface area contributed by atoms with E-state index in [4.69, 9.17) is 5.11 Å². The fraction of sp³-hybridized carbons (Fsp3) is 0.500. The van der Waals surface area contributed by atoms with E-state index in [1.165, 1.54) is 16.4 Å². The molecule has 0 spiro atoms. The predicted molar refractivity (Wildman–Crippen MR) is 78.0 cm³/mol. The van der Waals surface area contributed by atoms with Gasteiger partial charge < -0.3 is 5.11 Å². The summed E-state index contributed by atoms with van der Waals surface area (Å²) >= 11 is 3.01. The second kappa shape index (κ2) is 6.38. The molecule has 1 fully saturated rings. The van der Waals surface area contributed by atoms with E-state index < -0.39 is 16.0 Å². The largest absolute Gasteiger partial charge is 0.396 e. The third kappa shape index (κ3) is 3.69. The Morgan fingerprint density at radius 2 is 2.25 bits per heavy atom. The summed E-state index contributed by atoms with van der Waals surface area (Å²) in [5.74, 6) is -0.570. The van der Waals surface area contributed by atoms with Crippen molar-refractivity contribution in [2.24, 2.45) is 5.92 Å². The zero-order chi connectivity index (χ0) is 14.8. The quantitative estimate of drug-likeness (QED) is 0.855. The fourth-order valence-corrected chi connectivity index (χ4v) is 3.74. The van der Waals surface area contributed by atoms with Crippen LogP contribution in [0.4, 0.5) is 10.1 Å². The Balaban J connectivity index is 2.12. The van der Waals surface area contributed by atoms with Gasteiger partial charge in [-0.2, -0.15) is 12.7 Å². The molecule has 1 atom stereocenters. The van der Waals surface area contributed by atoms with Crippen molar-refractivity contribution in [1.82, 2.24) is 4.31 Å². The SMILES string of the molecule is O=S(=O)(Nc1ccc(Br)c(F)c1)N1CCCC(CO)C1. The molecule has 0 saturated carbocycles. The molecule has 0 radical (unpaired) electrons. The third-order valence-corrected chi connectivity index (χ3v) is 5.39. The van der Waals surface area contributed by atoms with Gasteiger partial charge in [0.2, 0.25) is 0 Å². The first-order chi connectivity index (χ1) is 9.42. The Bertz CT molecular complexity index is 582. The van der Waals surface area contributed by atoms with Crippen molar-refractivity contribution in [2.75, 3.05) is 24.4 Å². The summed E-state index contributed by atoms with van der Waals surface area (Å²) in [6.45, 7) is 0.661. The molecule has 1 saturated heterocycles. The fourth-order valence-electron chi connectivity index (χ4n) is 2.17. The molecular formula is C12H16BrFN2O3S. The molecule has 1 aromatic rings. The lowest BCUT2D eigenvalue weighted by molar-refractivity contribution is 0.166. The van der Waals surface area contributed by atoms with Gasteiger partial charge in [0.1, 0.15) is 5.82 Å². The Labute approximate surface area is 126 Å². The number of aliphatic hydroxyl groups is 1. The van der Waals surface area contributed by atoms with Gasteiger partial charge in [0.15, 0.2) is 0 Å². The van der Waals surface area contributed by atoms with Crippen molar-refractivity contribution < 1.29 is 17.9 Å². The first-order valence-corrected chi connectivity index (χ1v) is 8.49. The van der Waals surface area contributed by atoms with Crippen LogP contribution in [-0.4, -0.2) is 37.5 Å². The standard InChI is InChI=1S/C12H16BrFN2O3S/c13-11-4-3-10(6-12(11)14)15-20(18,19)16-5-1-2-9(7-16)8-17/h3-4,6,9,15,17H,1-2,5,7-8H2. The maximum absolute atomic E-state index is 13.4. The summed E-state index contributed by atoms with van der Waals surface area (Å²) in [4.78, 5) is 0. The zero-order valence-corrected chi connectivity index (χ0v) is 13.1. The summed E-state index contributed by atoms with van der Waals surface area (Å²) < 4.78 is 41.7. The molecule has 1 unspecified atom stereocenters. The lowest BCUT2D eigenvalue weighted by atomic mass is 10.0. The highest BCUT2D eigenvalue weighted by atomic mass is 79.9. The van der Waals surface area contributed by atoms with Crippen LogP contribution in [0.25, 0.3) is 0 Å². The van der Waals surface area contributed by atoms with E-state index in [-0.39, 0.29) is 29.2 Å². The van der Waals surface area contributed by atoms with E-state index in [0.717, 1.165) is 12.5 Å². The molecule has 0 aliphatic carbocycles. The minimum absolute atomic E-state index is 0.0288. The Hall–Kier alpha value is -0.700. The van der Waals surface area contributed by atoms with Gasteiger partial charge >= 0.3 is 10.2 Å². The van der Waals surface area contributed by atoms with Crippen molar-refractivity contribution in [1.29, 1.82) is 0 Å². The monoisotopic (exact) mass is 366 g/mol. The van der Waals surface area contributed by atoms with Crippen LogP contribution >= 0.6 is 15.9 Å². The normalized spacial score (nSPS) is 20.9. The van der Waals surface area contributed by atoms with Crippen molar-refractivity contribution in [2.45, 2.75) is 12.8 Å². The summed E-state index contributed by atoms with van der Waals surface area (Å²) in [7, 11) is -3.72. The molecule has 2 rings (SSSR count). The van der Waals surface area contributed by atoms with Gasteiger partial charge in [-0.05, 0) is 52.9 Å². The van der Waals surface area contributed by atoms with Gasteiger partial charge in [0, 0.05) is 19.7 Å². The van der Waals surface area contributed by atoms with Crippen LogP contribution in [0.15, 0.2) is 22.7 Å². The number of nitrogens with one attached hydrogen (secondary N) is 1. The highest BCUT2D eigenvalue weighted by Gasteiger charge is 2.28. The summed E-state index contributed by atoms with van der Waals surface area (Å²) in [5, 5.41) is 9.13. The van der Waals surface area contributed by atoms with E-state index in [0.29, 0.717) is 13.0 Å².